The first-order chi connectivity index (χ1) is 8.30. The number of hydrogen-bond acceptors (Lipinski definition) is 5. The molecule has 9 heteroatoms. The lowest BCUT2D eigenvalue weighted by molar-refractivity contribution is -0.275. The molecule has 0 unspecified atom stereocenters. The summed E-state index contributed by atoms with van der Waals surface area (Å²) in [5.74, 6) is -2.75. The second-order valence-corrected chi connectivity index (χ2v) is 3.05. The number of alkyl halides is 3. The normalized spacial score (nSPS) is 11.2. The van der Waals surface area contributed by atoms with E-state index in [2.05, 4.69) is 9.72 Å². The van der Waals surface area contributed by atoms with E-state index in [1.54, 1.807) is 0 Å². The summed E-state index contributed by atoms with van der Waals surface area (Å²) in [6.07, 6.45) is -4.33. The summed E-state index contributed by atoms with van der Waals surface area (Å²) in [6.45, 7) is -0.414. The minimum atomic E-state index is -5.04. The lowest BCUT2D eigenvalue weighted by Crippen LogP contribution is -2.21. The molecule has 0 aliphatic carbocycles. The van der Waals surface area contributed by atoms with Gasteiger partial charge in [-0.25, -0.2) is 9.78 Å². The Morgan fingerprint density at radius 3 is 2.56 bits per heavy atom. The molecule has 0 aliphatic heterocycles. The number of carboxylic acid groups (broad SMARTS) is 1. The highest BCUT2D eigenvalue weighted by atomic mass is 19.4. The third kappa shape index (κ3) is 3.00. The number of ether oxygens (including phenoxy) is 2. The van der Waals surface area contributed by atoms with Crippen LogP contribution >= 0.6 is 0 Å². The Bertz CT molecular complexity index is 462. The molecule has 0 bridgehead atoms. The van der Waals surface area contributed by atoms with Gasteiger partial charge in [0.2, 0.25) is 5.88 Å². The zero-order chi connectivity index (χ0) is 13.9. The molecule has 1 aromatic rings. The van der Waals surface area contributed by atoms with Gasteiger partial charge in [-0.05, 0) is 0 Å². The Labute approximate surface area is 99.1 Å². The molecule has 1 rings (SSSR count). The van der Waals surface area contributed by atoms with Gasteiger partial charge in [0.1, 0.15) is 5.56 Å². The average molecular weight is 266 g/mol. The van der Waals surface area contributed by atoms with E-state index < -0.39 is 30.2 Å². The molecule has 0 saturated carbocycles. The molecule has 0 radical (unpaired) electrons. The molecule has 1 aromatic heterocycles. The van der Waals surface area contributed by atoms with Crippen molar-refractivity contribution in [3.8, 4) is 11.6 Å². The molecule has 3 N–H and O–H groups in total. The van der Waals surface area contributed by atoms with E-state index in [4.69, 9.17) is 15.6 Å². The van der Waals surface area contributed by atoms with Crippen LogP contribution in [0.1, 0.15) is 15.9 Å². The quantitative estimate of drug-likeness (QED) is 0.848. The van der Waals surface area contributed by atoms with Crippen LogP contribution in [0.15, 0.2) is 6.20 Å². The lowest BCUT2D eigenvalue weighted by atomic mass is 10.1. The van der Waals surface area contributed by atoms with Crippen LogP contribution in [0.4, 0.5) is 13.2 Å². The van der Waals surface area contributed by atoms with Gasteiger partial charge in [-0.1, -0.05) is 0 Å². The fourth-order valence-corrected chi connectivity index (χ4v) is 1.26. The summed E-state index contributed by atoms with van der Waals surface area (Å²) in [5, 5.41) is 8.78. The summed E-state index contributed by atoms with van der Waals surface area (Å²) in [6, 6.07) is 0. The van der Waals surface area contributed by atoms with E-state index >= 15 is 0 Å². The Balaban J connectivity index is 3.43. The second kappa shape index (κ2) is 5.08. The van der Waals surface area contributed by atoms with Crippen molar-refractivity contribution in [3.05, 3.63) is 17.3 Å². The van der Waals surface area contributed by atoms with E-state index in [0.717, 1.165) is 0 Å². The van der Waals surface area contributed by atoms with Crippen LogP contribution in [-0.2, 0) is 6.54 Å². The van der Waals surface area contributed by atoms with Gasteiger partial charge >= 0.3 is 12.3 Å². The molecule has 0 amide bonds. The SMILES string of the molecule is COc1ncc(C(=O)O)c(OC(F)(F)F)c1CN. The van der Waals surface area contributed by atoms with Crippen molar-refractivity contribution in [2.75, 3.05) is 7.11 Å². The van der Waals surface area contributed by atoms with Crippen molar-refractivity contribution in [2.45, 2.75) is 12.9 Å². The van der Waals surface area contributed by atoms with Gasteiger partial charge in [-0.2, -0.15) is 0 Å². The predicted octanol–water partition coefficient (Wildman–Crippen LogP) is 1.15. The number of nitrogens with zero attached hydrogens (tertiary/aromatic N) is 1. The number of aromatic carboxylic acids is 1. The van der Waals surface area contributed by atoms with Crippen LogP contribution in [0, 0.1) is 0 Å². The molecular formula is C9H9F3N2O4. The number of pyridine rings is 1. The molecule has 100 valence electrons. The van der Waals surface area contributed by atoms with Crippen LogP contribution in [-0.4, -0.2) is 29.5 Å². The summed E-state index contributed by atoms with van der Waals surface area (Å²) < 4.78 is 45.0. The lowest BCUT2D eigenvalue weighted by Gasteiger charge is -2.16. The number of rotatable bonds is 4. The van der Waals surface area contributed by atoms with Crippen molar-refractivity contribution in [1.82, 2.24) is 4.98 Å². The number of halogens is 3. The number of nitrogens with two attached hydrogens (primary N) is 1. The van der Waals surface area contributed by atoms with Crippen LogP contribution in [0.5, 0.6) is 11.6 Å². The summed E-state index contributed by atoms with van der Waals surface area (Å²) >= 11 is 0. The van der Waals surface area contributed by atoms with Crippen molar-refractivity contribution in [1.29, 1.82) is 0 Å². The highest BCUT2D eigenvalue weighted by molar-refractivity contribution is 5.91. The van der Waals surface area contributed by atoms with Crippen LogP contribution in [0.2, 0.25) is 0 Å². The van der Waals surface area contributed by atoms with Gasteiger partial charge in [0.15, 0.2) is 5.75 Å². The topological polar surface area (TPSA) is 94.7 Å². The zero-order valence-corrected chi connectivity index (χ0v) is 9.11. The summed E-state index contributed by atoms with van der Waals surface area (Å²) in [5.41, 5.74) is 4.24. The van der Waals surface area contributed by atoms with E-state index in [0.29, 0.717) is 6.20 Å². The number of hydrogen-bond donors (Lipinski definition) is 2. The minimum Gasteiger partial charge on any atom is -0.481 e. The standard InChI is InChI=1S/C9H9F3N2O4/c1-17-7-4(2-13)6(18-9(10,11)12)5(3-14-7)8(15)16/h3H,2,13H2,1H3,(H,15,16). The van der Waals surface area contributed by atoms with Gasteiger partial charge < -0.3 is 20.3 Å². The van der Waals surface area contributed by atoms with E-state index in [9.17, 15) is 18.0 Å². The number of carbonyl (C=O) groups is 1. The Kier molecular flexibility index (Phi) is 3.96. The highest BCUT2D eigenvalue weighted by Gasteiger charge is 2.35. The first-order valence-electron chi connectivity index (χ1n) is 4.55. The first-order valence-corrected chi connectivity index (χ1v) is 4.55. The van der Waals surface area contributed by atoms with Crippen LogP contribution in [0.3, 0.4) is 0 Å². The summed E-state index contributed by atoms with van der Waals surface area (Å²) in [7, 11) is 1.17. The van der Waals surface area contributed by atoms with E-state index in [-0.39, 0.29) is 11.4 Å². The predicted molar refractivity (Wildman–Crippen MR) is 52.3 cm³/mol. The number of methoxy groups -OCH3 is 1. The van der Waals surface area contributed by atoms with Crippen LogP contribution < -0.4 is 15.2 Å². The molecule has 6 nitrogen and oxygen atoms in total. The molecule has 18 heavy (non-hydrogen) atoms. The molecule has 0 atom stereocenters. The fourth-order valence-electron chi connectivity index (χ4n) is 1.26. The maximum absolute atomic E-state index is 12.2. The molecule has 0 aromatic carbocycles. The second-order valence-electron chi connectivity index (χ2n) is 3.05. The largest absolute Gasteiger partial charge is 0.573 e. The monoisotopic (exact) mass is 266 g/mol. The first kappa shape index (κ1) is 14.0. The average Bonchev–Trinajstić information content (AvgIpc) is 2.25. The number of carboxylic acids is 1. The molecule has 0 aliphatic rings. The van der Waals surface area contributed by atoms with Crippen molar-refractivity contribution in [2.24, 2.45) is 5.73 Å². The van der Waals surface area contributed by atoms with Gasteiger partial charge in [0.05, 0.1) is 12.7 Å². The third-order valence-corrected chi connectivity index (χ3v) is 1.93. The molecule has 0 spiro atoms. The van der Waals surface area contributed by atoms with Gasteiger partial charge in [-0.15, -0.1) is 13.2 Å². The van der Waals surface area contributed by atoms with Crippen molar-refractivity contribution < 1.29 is 32.5 Å². The number of aromatic nitrogens is 1. The van der Waals surface area contributed by atoms with Crippen LogP contribution in [0.25, 0.3) is 0 Å². The molecule has 0 fully saturated rings. The maximum atomic E-state index is 12.2. The van der Waals surface area contributed by atoms with Gasteiger partial charge in [0, 0.05) is 12.7 Å². The Hall–Kier alpha value is -2.03. The Morgan fingerprint density at radius 2 is 2.17 bits per heavy atom. The third-order valence-electron chi connectivity index (χ3n) is 1.93. The van der Waals surface area contributed by atoms with E-state index in [1.807, 2.05) is 0 Å². The van der Waals surface area contributed by atoms with Gasteiger partial charge in [-0.3, -0.25) is 0 Å². The smallest absolute Gasteiger partial charge is 0.481 e. The fraction of sp³-hybridized carbons (Fsp3) is 0.333. The van der Waals surface area contributed by atoms with Crippen molar-refractivity contribution >= 4 is 5.97 Å². The highest BCUT2D eigenvalue weighted by Crippen LogP contribution is 2.34. The summed E-state index contributed by atoms with van der Waals surface area (Å²) in [4.78, 5) is 14.4. The van der Waals surface area contributed by atoms with Gasteiger partial charge in [0.25, 0.3) is 0 Å². The Morgan fingerprint density at radius 1 is 1.56 bits per heavy atom. The zero-order valence-electron chi connectivity index (χ0n) is 9.11. The minimum absolute atomic E-state index is 0.221. The molecular weight excluding hydrogens is 257 g/mol. The molecule has 0 saturated heterocycles. The van der Waals surface area contributed by atoms with Crippen molar-refractivity contribution in [3.63, 3.8) is 0 Å². The maximum Gasteiger partial charge on any atom is 0.573 e. The molecule has 1 heterocycles. The van der Waals surface area contributed by atoms with E-state index in [1.165, 1.54) is 7.11 Å².